The molecule has 8 rings (SSSR count). The summed E-state index contributed by atoms with van der Waals surface area (Å²) in [6.45, 7) is 7.72. The van der Waals surface area contributed by atoms with Crippen molar-refractivity contribution < 1.29 is 0 Å². The molecule has 0 aliphatic carbocycles. The monoisotopic (exact) mass is 638 g/mol. The number of hydrogen-bond acceptors (Lipinski definition) is 2. The Balaban J connectivity index is 1.45. The van der Waals surface area contributed by atoms with Gasteiger partial charge in [0.15, 0.2) is 0 Å². The van der Waals surface area contributed by atoms with Crippen molar-refractivity contribution in [1.82, 2.24) is 0 Å². The van der Waals surface area contributed by atoms with Gasteiger partial charge in [0, 0.05) is 5.56 Å². The first-order valence-electron chi connectivity index (χ1n) is 16.7. The van der Waals surface area contributed by atoms with E-state index in [1.165, 1.54) is 54.2 Å². The quantitative estimate of drug-likeness (QED) is 0.0720. The van der Waals surface area contributed by atoms with Crippen LogP contribution in [0, 0.1) is 10.8 Å². The molecule has 8 aromatic rings. The van der Waals surface area contributed by atoms with Crippen molar-refractivity contribution >= 4 is 65.3 Å². The van der Waals surface area contributed by atoms with Gasteiger partial charge in [0.05, 0.1) is 11.4 Å². The molecule has 0 atom stereocenters. The Kier molecular flexibility index (Phi) is 7.83. The molecule has 0 unspecified atom stereocenters. The van der Waals surface area contributed by atoms with Crippen LogP contribution in [-0.2, 0) is 0 Å². The summed E-state index contributed by atoms with van der Waals surface area (Å²) in [5.74, 6) is 0. The van der Waals surface area contributed by atoms with Gasteiger partial charge in [-0.3, -0.25) is 0 Å². The van der Waals surface area contributed by atoms with E-state index in [2.05, 4.69) is 153 Å². The van der Waals surface area contributed by atoms with E-state index in [-0.39, 0.29) is 5.71 Å². The normalized spacial score (nSPS) is 11.8. The molecular formula is C48H34N2. The molecule has 50 heavy (non-hydrogen) atoms. The number of fused-ring (bicyclic) bond motifs is 6. The number of rotatable bonds is 8. The topological polar surface area (TPSA) is 47.7 Å². The van der Waals surface area contributed by atoms with E-state index in [1.807, 2.05) is 0 Å². The van der Waals surface area contributed by atoms with Crippen molar-refractivity contribution in [3.63, 3.8) is 0 Å². The summed E-state index contributed by atoms with van der Waals surface area (Å²) >= 11 is 0. The summed E-state index contributed by atoms with van der Waals surface area (Å²) in [6, 6.07) is 49.9. The Hall–Kier alpha value is -6.64. The molecule has 0 spiro atoms. The predicted molar refractivity (Wildman–Crippen MR) is 217 cm³/mol. The third-order valence-corrected chi connectivity index (χ3v) is 9.63. The lowest BCUT2D eigenvalue weighted by molar-refractivity contribution is 1.49. The molecule has 0 amide bonds. The molecule has 8 aromatic carbocycles. The highest BCUT2D eigenvalue weighted by Gasteiger charge is 2.20. The minimum atomic E-state index is 0.282. The molecule has 0 aromatic heterocycles. The van der Waals surface area contributed by atoms with E-state index in [0.717, 1.165) is 27.5 Å². The van der Waals surface area contributed by atoms with Crippen LogP contribution >= 0.6 is 0 Å². The van der Waals surface area contributed by atoms with Crippen molar-refractivity contribution in [3.8, 4) is 22.3 Å². The number of hydrogen-bond donors (Lipinski definition) is 2. The highest BCUT2D eigenvalue weighted by molar-refractivity contribution is 6.28. The maximum atomic E-state index is 9.13. The molecule has 0 heterocycles. The maximum absolute atomic E-state index is 9.13. The van der Waals surface area contributed by atoms with Gasteiger partial charge in [0.1, 0.15) is 0 Å². The van der Waals surface area contributed by atoms with E-state index >= 15 is 0 Å². The fourth-order valence-electron chi connectivity index (χ4n) is 7.27. The lowest BCUT2D eigenvalue weighted by Crippen LogP contribution is -1.99. The summed E-state index contributed by atoms with van der Waals surface area (Å²) in [5.41, 5.74) is 6.64. The Morgan fingerprint density at radius 3 is 1.78 bits per heavy atom. The molecule has 0 fully saturated rings. The lowest BCUT2D eigenvalue weighted by Gasteiger charge is -2.21. The minimum Gasteiger partial charge on any atom is -0.300 e. The van der Waals surface area contributed by atoms with E-state index < -0.39 is 0 Å². The van der Waals surface area contributed by atoms with Gasteiger partial charge in [0.2, 0.25) is 0 Å². The molecule has 0 radical (unpaired) electrons. The zero-order valence-electron chi connectivity index (χ0n) is 27.6. The van der Waals surface area contributed by atoms with E-state index in [9.17, 15) is 0 Å². The second kappa shape index (κ2) is 12.8. The fraction of sp³-hybridized carbons (Fsp3) is 0. The van der Waals surface area contributed by atoms with Gasteiger partial charge in [0.25, 0.3) is 0 Å². The highest BCUT2D eigenvalue weighted by atomic mass is 14.4. The number of allylic oxidation sites excluding steroid dienone is 6. The van der Waals surface area contributed by atoms with Crippen LogP contribution in [0.25, 0.3) is 76.1 Å². The molecule has 0 aliphatic heterocycles. The molecule has 0 aliphatic rings. The van der Waals surface area contributed by atoms with Crippen LogP contribution in [0.3, 0.4) is 0 Å². The maximum Gasteiger partial charge on any atom is 0.0612 e. The summed E-state index contributed by atoms with van der Waals surface area (Å²) in [4.78, 5) is 0. The standard InChI is InChI=1S/C48H34N2/c1-3-4-24-45(49)31(2)25-28-46(50)34-26-27-42-44(30-34)47(39-23-13-16-32-14-5-7-17-35(32)39)40-21-11-12-22-41(40)48(42)43-29-33-15-6-8-18-36(33)37-19-9-10-20-38(37)43/h3-30,49-50H,1-2H2/b24-4-,28-25-,49-45?,50-46?. The molecule has 0 bridgehead atoms. The molecular weight excluding hydrogens is 605 g/mol. The van der Waals surface area contributed by atoms with Crippen LogP contribution in [-0.4, -0.2) is 11.4 Å². The van der Waals surface area contributed by atoms with Gasteiger partial charge in [-0.15, -0.1) is 0 Å². The second-order valence-electron chi connectivity index (χ2n) is 12.6. The van der Waals surface area contributed by atoms with Crippen molar-refractivity contribution in [2.24, 2.45) is 0 Å². The average Bonchev–Trinajstić information content (AvgIpc) is 3.17. The van der Waals surface area contributed by atoms with E-state index in [0.29, 0.717) is 11.3 Å². The summed E-state index contributed by atoms with van der Waals surface area (Å²) in [7, 11) is 0. The van der Waals surface area contributed by atoms with Gasteiger partial charge < -0.3 is 10.8 Å². The second-order valence-corrected chi connectivity index (χ2v) is 12.6. The largest absolute Gasteiger partial charge is 0.300 e. The Morgan fingerprint density at radius 2 is 1.04 bits per heavy atom. The molecule has 2 heteroatoms. The zero-order chi connectivity index (χ0) is 34.2. The van der Waals surface area contributed by atoms with Gasteiger partial charge in [-0.05, 0) is 106 Å². The first-order chi connectivity index (χ1) is 24.5. The predicted octanol–water partition coefficient (Wildman–Crippen LogP) is 13.0. The molecule has 0 saturated carbocycles. The molecule has 2 N–H and O–H groups in total. The van der Waals surface area contributed by atoms with Gasteiger partial charge >= 0.3 is 0 Å². The van der Waals surface area contributed by atoms with Gasteiger partial charge in [-0.2, -0.15) is 0 Å². The minimum absolute atomic E-state index is 0.282. The van der Waals surface area contributed by atoms with Crippen LogP contribution in [0.1, 0.15) is 5.56 Å². The third kappa shape index (κ3) is 5.24. The third-order valence-electron chi connectivity index (χ3n) is 9.63. The average molecular weight is 639 g/mol. The van der Waals surface area contributed by atoms with Crippen molar-refractivity contribution in [3.05, 3.63) is 194 Å². The molecule has 2 nitrogen and oxygen atoms in total. The fourth-order valence-corrected chi connectivity index (χ4v) is 7.27. The van der Waals surface area contributed by atoms with Crippen molar-refractivity contribution in [2.45, 2.75) is 0 Å². The van der Waals surface area contributed by atoms with Crippen LogP contribution in [0.5, 0.6) is 0 Å². The van der Waals surface area contributed by atoms with Gasteiger partial charge in [-0.1, -0.05) is 159 Å². The Labute approximate surface area is 291 Å². The number of benzene rings is 8. The Bertz CT molecular complexity index is 2770. The lowest BCUT2D eigenvalue weighted by atomic mass is 9.82. The van der Waals surface area contributed by atoms with Crippen molar-refractivity contribution in [1.29, 1.82) is 10.8 Å². The van der Waals surface area contributed by atoms with Crippen molar-refractivity contribution in [2.75, 3.05) is 0 Å². The molecule has 236 valence electrons. The van der Waals surface area contributed by atoms with Crippen LogP contribution in [0.4, 0.5) is 0 Å². The summed E-state index contributed by atoms with van der Waals surface area (Å²) in [5, 5.41) is 29.2. The summed E-state index contributed by atoms with van der Waals surface area (Å²) in [6.07, 6.45) is 8.47. The SMILES string of the molecule is C=C/C=C\C(=N)C(=C)/C=C\C(=N)c1ccc2c(-c3cc4ccccc4c4ccccc34)c3ccccc3c(-c3cccc4ccccc34)c2c1. The highest BCUT2D eigenvalue weighted by Crippen LogP contribution is 2.47. The van der Waals surface area contributed by atoms with Crippen LogP contribution < -0.4 is 0 Å². The molecule has 0 saturated heterocycles. The smallest absolute Gasteiger partial charge is 0.0612 e. The van der Waals surface area contributed by atoms with E-state index in [4.69, 9.17) is 10.8 Å². The first-order valence-corrected chi connectivity index (χ1v) is 16.7. The first kappa shape index (κ1) is 30.7. The summed E-state index contributed by atoms with van der Waals surface area (Å²) < 4.78 is 0. The van der Waals surface area contributed by atoms with Crippen LogP contribution in [0.15, 0.2) is 189 Å². The number of nitrogens with one attached hydrogen (secondary N) is 2. The van der Waals surface area contributed by atoms with E-state index in [1.54, 1.807) is 30.4 Å². The zero-order valence-corrected chi connectivity index (χ0v) is 27.6. The van der Waals surface area contributed by atoms with Gasteiger partial charge in [-0.25, -0.2) is 0 Å². The Morgan fingerprint density at radius 1 is 0.460 bits per heavy atom. The van der Waals surface area contributed by atoms with Crippen LogP contribution in [0.2, 0.25) is 0 Å².